The van der Waals surface area contributed by atoms with E-state index in [0.29, 0.717) is 11.5 Å². The van der Waals surface area contributed by atoms with Gasteiger partial charge in [0.1, 0.15) is 0 Å². The molecule has 4 nitrogen and oxygen atoms in total. The molecule has 0 saturated heterocycles. The second-order valence-electron chi connectivity index (χ2n) is 2.70. The van der Waals surface area contributed by atoms with Crippen LogP contribution in [-0.4, -0.2) is 16.4 Å². The van der Waals surface area contributed by atoms with Crippen LogP contribution in [0.3, 0.4) is 0 Å². The molecule has 0 amide bonds. The monoisotopic (exact) mass is 198 g/mol. The highest BCUT2D eigenvalue weighted by Gasteiger charge is 2.37. The number of fused-ring (bicyclic) bond motifs is 1. The Bertz CT molecular complexity index is 320. The normalized spacial score (nSPS) is 15.8. The molecule has 1 heterocycles. The zero-order valence-corrected chi connectivity index (χ0v) is 8.44. The summed E-state index contributed by atoms with van der Waals surface area (Å²) in [6.07, 6.45) is -2.50. The van der Waals surface area contributed by atoms with Crippen LogP contribution in [0.1, 0.15) is 19.4 Å². The van der Waals surface area contributed by atoms with Gasteiger partial charge in [0.25, 0.3) is 0 Å². The number of aryl methyl sites for hydroxylation is 1. The predicted octanol–water partition coefficient (Wildman–Crippen LogP) is 1.39. The Labute approximate surface area is 82.7 Å². The summed E-state index contributed by atoms with van der Waals surface area (Å²) >= 11 is 0. The molecule has 1 aromatic rings. The van der Waals surface area contributed by atoms with Crippen molar-refractivity contribution in [1.29, 1.82) is 0 Å². The van der Waals surface area contributed by atoms with Crippen molar-refractivity contribution in [3.8, 4) is 11.5 Å². The van der Waals surface area contributed by atoms with Crippen LogP contribution in [0.25, 0.3) is 0 Å². The Morgan fingerprint density at radius 1 is 1.07 bits per heavy atom. The van der Waals surface area contributed by atoms with Crippen molar-refractivity contribution in [2.45, 2.75) is 26.9 Å². The molecule has 14 heavy (non-hydrogen) atoms. The van der Waals surface area contributed by atoms with Crippen molar-refractivity contribution < 1.29 is 19.7 Å². The summed E-state index contributed by atoms with van der Waals surface area (Å²) in [6, 6.07) is 5.09. The van der Waals surface area contributed by atoms with Gasteiger partial charge in [-0.15, -0.1) is 0 Å². The van der Waals surface area contributed by atoms with Gasteiger partial charge in [0.15, 0.2) is 11.5 Å². The van der Waals surface area contributed by atoms with Crippen LogP contribution >= 0.6 is 0 Å². The SMILES string of the molecule is CC.Cc1ccc2c(c1)OC(O)(O)O2. The first-order chi connectivity index (χ1) is 6.57. The van der Waals surface area contributed by atoms with Crippen molar-refractivity contribution in [2.75, 3.05) is 0 Å². The molecule has 0 spiro atoms. The average Bonchev–Trinajstić information content (AvgIpc) is 2.41. The maximum atomic E-state index is 8.92. The van der Waals surface area contributed by atoms with E-state index in [1.807, 2.05) is 20.8 Å². The molecule has 0 aliphatic carbocycles. The quantitative estimate of drug-likeness (QED) is 0.618. The van der Waals surface area contributed by atoms with E-state index < -0.39 is 6.16 Å². The third-order valence-corrected chi connectivity index (χ3v) is 1.59. The Morgan fingerprint density at radius 2 is 1.64 bits per heavy atom. The van der Waals surface area contributed by atoms with E-state index in [4.69, 9.17) is 10.2 Å². The molecule has 0 bridgehead atoms. The molecule has 0 unspecified atom stereocenters. The number of hydrogen-bond acceptors (Lipinski definition) is 4. The Hall–Kier alpha value is -1.26. The summed E-state index contributed by atoms with van der Waals surface area (Å²) in [6.45, 7) is 5.87. The zero-order valence-electron chi connectivity index (χ0n) is 8.44. The molecule has 0 radical (unpaired) electrons. The molecule has 2 rings (SSSR count). The van der Waals surface area contributed by atoms with Gasteiger partial charge >= 0.3 is 6.16 Å². The number of ether oxygens (including phenoxy) is 2. The van der Waals surface area contributed by atoms with Crippen molar-refractivity contribution in [1.82, 2.24) is 0 Å². The standard InChI is InChI=1S/C8H8O4.C2H6/c1-5-2-3-6-7(4-5)12-8(9,10)11-6;1-2/h2-4,9-10H,1H3;1-2H3. The molecule has 1 aliphatic heterocycles. The van der Waals surface area contributed by atoms with E-state index in [9.17, 15) is 0 Å². The molecule has 0 aromatic heterocycles. The molecule has 78 valence electrons. The highest BCUT2D eigenvalue weighted by Crippen LogP contribution is 2.37. The molecular formula is C10H14O4. The highest BCUT2D eigenvalue weighted by atomic mass is 17.0. The molecule has 1 aliphatic rings. The molecule has 4 heteroatoms. The summed E-state index contributed by atoms with van der Waals surface area (Å²) in [5.74, 6) is 0.686. The largest absolute Gasteiger partial charge is 0.505 e. The minimum atomic E-state index is -2.50. The number of rotatable bonds is 0. The fourth-order valence-corrected chi connectivity index (χ4v) is 1.09. The van der Waals surface area contributed by atoms with Crippen LogP contribution in [0.2, 0.25) is 0 Å². The molecular weight excluding hydrogens is 184 g/mol. The molecule has 0 fully saturated rings. The Balaban J connectivity index is 0.000000461. The van der Waals surface area contributed by atoms with Crippen molar-refractivity contribution >= 4 is 0 Å². The highest BCUT2D eigenvalue weighted by molar-refractivity contribution is 5.44. The number of benzene rings is 1. The second-order valence-corrected chi connectivity index (χ2v) is 2.70. The lowest BCUT2D eigenvalue weighted by atomic mass is 10.2. The second kappa shape index (κ2) is 3.86. The fraction of sp³-hybridized carbons (Fsp3) is 0.400. The molecule has 2 N–H and O–H groups in total. The third kappa shape index (κ3) is 2.16. The minimum absolute atomic E-state index is 0.339. The van der Waals surface area contributed by atoms with E-state index in [-0.39, 0.29) is 0 Å². The van der Waals surface area contributed by atoms with Gasteiger partial charge in [-0.05, 0) is 24.6 Å². The van der Waals surface area contributed by atoms with Crippen molar-refractivity contribution in [2.24, 2.45) is 0 Å². The van der Waals surface area contributed by atoms with Gasteiger partial charge in [-0.1, -0.05) is 19.9 Å². The molecule has 0 atom stereocenters. The fourth-order valence-electron chi connectivity index (χ4n) is 1.09. The van der Waals surface area contributed by atoms with E-state index in [1.165, 1.54) is 0 Å². The first kappa shape index (κ1) is 10.8. The topological polar surface area (TPSA) is 58.9 Å². The number of hydrogen-bond donors (Lipinski definition) is 2. The molecule has 0 saturated carbocycles. The maximum absolute atomic E-state index is 8.92. The maximum Gasteiger partial charge on any atom is 0.505 e. The Morgan fingerprint density at radius 3 is 2.29 bits per heavy atom. The van der Waals surface area contributed by atoms with Gasteiger partial charge < -0.3 is 9.47 Å². The predicted molar refractivity (Wildman–Crippen MR) is 51.0 cm³/mol. The van der Waals surface area contributed by atoms with Crippen LogP contribution < -0.4 is 9.47 Å². The van der Waals surface area contributed by atoms with E-state index >= 15 is 0 Å². The van der Waals surface area contributed by atoms with Crippen LogP contribution in [-0.2, 0) is 0 Å². The average molecular weight is 198 g/mol. The van der Waals surface area contributed by atoms with E-state index in [0.717, 1.165) is 5.56 Å². The van der Waals surface area contributed by atoms with Crippen molar-refractivity contribution in [3.05, 3.63) is 23.8 Å². The van der Waals surface area contributed by atoms with E-state index in [2.05, 4.69) is 9.47 Å². The molecule has 1 aromatic carbocycles. The van der Waals surface area contributed by atoms with Crippen LogP contribution in [0, 0.1) is 6.92 Å². The van der Waals surface area contributed by atoms with Gasteiger partial charge in [-0.25, -0.2) is 0 Å². The van der Waals surface area contributed by atoms with Gasteiger partial charge in [0.05, 0.1) is 0 Å². The minimum Gasteiger partial charge on any atom is -0.403 e. The Kier molecular flexibility index (Phi) is 2.98. The van der Waals surface area contributed by atoms with Gasteiger partial charge in [-0.3, -0.25) is 10.2 Å². The lowest BCUT2D eigenvalue weighted by Gasteiger charge is -2.10. The van der Waals surface area contributed by atoms with Crippen LogP contribution in [0.5, 0.6) is 11.5 Å². The lowest BCUT2D eigenvalue weighted by Crippen LogP contribution is -2.37. The van der Waals surface area contributed by atoms with Crippen molar-refractivity contribution in [3.63, 3.8) is 0 Å². The zero-order chi connectivity index (χ0) is 10.8. The summed E-state index contributed by atoms with van der Waals surface area (Å²) in [4.78, 5) is 0. The van der Waals surface area contributed by atoms with Gasteiger partial charge in [-0.2, -0.15) is 0 Å². The first-order valence-corrected chi connectivity index (χ1v) is 4.50. The van der Waals surface area contributed by atoms with Gasteiger partial charge in [0.2, 0.25) is 0 Å². The van der Waals surface area contributed by atoms with E-state index in [1.54, 1.807) is 18.2 Å². The lowest BCUT2D eigenvalue weighted by molar-refractivity contribution is -0.385. The number of aliphatic hydroxyl groups is 2. The summed E-state index contributed by atoms with van der Waals surface area (Å²) in [5.41, 5.74) is 0.968. The smallest absolute Gasteiger partial charge is 0.403 e. The summed E-state index contributed by atoms with van der Waals surface area (Å²) in [5, 5.41) is 17.8. The summed E-state index contributed by atoms with van der Waals surface area (Å²) < 4.78 is 9.30. The van der Waals surface area contributed by atoms with Crippen LogP contribution in [0.15, 0.2) is 18.2 Å². The third-order valence-electron chi connectivity index (χ3n) is 1.59. The van der Waals surface area contributed by atoms with Crippen LogP contribution in [0.4, 0.5) is 0 Å². The first-order valence-electron chi connectivity index (χ1n) is 4.50. The van der Waals surface area contributed by atoms with Gasteiger partial charge in [0, 0.05) is 0 Å². The summed E-state index contributed by atoms with van der Waals surface area (Å²) in [7, 11) is 0.